The summed E-state index contributed by atoms with van der Waals surface area (Å²) in [7, 11) is 0. The van der Waals surface area contributed by atoms with E-state index < -0.39 is 0 Å². The monoisotopic (exact) mass is 236 g/mol. The summed E-state index contributed by atoms with van der Waals surface area (Å²) in [6, 6.07) is 4.00. The number of nitrogens with one attached hydrogen (secondary N) is 1. The SMILES string of the molecule is CC(CCc1ccco1)NC(=O)C1(CN)CC1. The molecule has 4 heteroatoms. The van der Waals surface area contributed by atoms with E-state index in [0.29, 0.717) is 6.54 Å². The van der Waals surface area contributed by atoms with E-state index >= 15 is 0 Å². The summed E-state index contributed by atoms with van der Waals surface area (Å²) >= 11 is 0. The second kappa shape index (κ2) is 4.92. The molecule has 1 aromatic heterocycles. The Morgan fingerprint density at radius 3 is 2.94 bits per heavy atom. The molecular formula is C13H20N2O2. The zero-order valence-electron chi connectivity index (χ0n) is 10.2. The van der Waals surface area contributed by atoms with E-state index in [-0.39, 0.29) is 17.4 Å². The second-order valence-electron chi connectivity index (χ2n) is 4.98. The smallest absolute Gasteiger partial charge is 0.227 e. The van der Waals surface area contributed by atoms with E-state index in [2.05, 4.69) is 5.32 Å². The van der Waals surface area contributed by atoms with Crippen LogP contribution < -0.4 is 11.1 Å². The first kappa shape index (κ1) is 12.2. The second-order valence-corrected chi connectivity index (χ2v) is 4.98. The number of carbonyl (C=O) groups excluding carboxylic acids is 1. The van der Waals surface area contributed by atoms with E-state index in [1.807, 2.05) is 19.1 Å². The molecule has 1 aliphatic rings. The zero-order chi connectivity index (χ0) is 12.3. The molecule has 2 rings (SSSR count). The maximum absolute atomic E-state index is 11.9. The minimum Gasteiger partial charge on any atom is -0.469 e. The van der Waals surface area contributed by atoms with Crippen molar-refractivity contribution in [3.8, 4) is 0 Å². The summed E-state index contributed by atoms with van der Waals surface area (Å²) in [4.78, 5) is 11.9. The van der Waals surface area contributed by atoms with Gasteiger partial charge in [-0.05, 0) is 38.3 Å². The molecule has 1 heterocycles. The Hall–Kier alpha value is -1.29. The Morgan fingerprint density at radius 2 is 2.41 bits per heavy atom. The minimum absolute atomic E-state index is 0.118. The number of hydrogen-bond donors (Lipinski definition) is 2. The molecule has 0 bridgehead atoms. The third kappa shape index (κ3) is 2.88. The largest absolute Gasteiger partial charge is 0.469 e. The van der Waals surface area contributed by atoms with Crippen LogP contribution in [0.2, 0.25) is 0 Å². The lowest BCUT2D eigenvalue weighted by Crippen LogP contribution is -2.41. The highest BCUT2D eigenvalue weighted by Crippen LogP contribution is 2.44. The minimum atomic E-state index is -0.251. The summed E-state index contributed by atoms with van der Waals surface area (Å²) in [6.07, 6.45) is 5.27. The first-order valence-corrected chi connectivity index (χ1v) is 6.20. The molecule has 1 amide bonds. The Balaban J connectivity index is 1.74. The first-order valence-electron chi connectivity index (χ1n) is 6.20. The number of rotatable bonds is 6. The average molecular weight is 236 g/mol. The van der Waals surface area contributed by atoms with Crippen LogP contribution in [-0.4, -0.2) is 18.5 Å². The van der Waals surface area contributed by atoms with Gasteiger partial charge in [-0.1, -0.05) is 0 Å². The van der Waals surface area contributed by atoms with Crippen molar-refractivity contribution in [1.29, 1.82) is 0 Å². The fourth-order valence-corrected chi connectivity index (χ4v) is 1.94. The van der Waals surface area contributed by atoms with Gasteiger partial charge in [-0.25, -0.2) is 0 Å². The Kier molecular flexibility index (Phi) is 3.52. The third-order valence-electron chi connectivity index (χ3n) is 3.51. The standard InChI is InChI=1S/C13H20N2O2/c1-10(4-5-11-3-2-8-17-11)15-12(16)13(9-14)6-7-13/h2-3,8,10H,4-7,9,14H2,1H3,(H,15,16). The number of carbonyl (C=O) groups is 1. The highest BCUT2D eigenvalue weighted by molar-refractivity contribution is 5.85. The van der Waals surface area contributed by atoms with Crippen LogP contribution in [0.25, 0.3) is 0 Å². The van der Waals surface area contributed by atoms with Gasteiger partial charge < -0.3 is 15.5 Å². The molecule has 1 saturated carbocycles. The van der Waals surface area contributed by atoms with Crippen molar-refractivity contribution in [3.63, 3.8) is 0 Å². The van der Waals surface area contributed by atoms with Gasteiger partial charge in [0.1, 0.15) is 5.76 Å². The first-order chi connectivity index (χ1) is 8.16. The Bertz CT molecular complexity index is 369. The van der Waals surface area contributed by atoms with Gasteiger partial charge in [0.15, 0.2) is 0 Å². The van der Waals surface area contributed by atoms with Crippen LogP contribution in [0, 0.1) is 5.41 Å². The molecule has 0 radical (unpaired) electrons. The number of furan rings is 1. The highest BCUT2D eigenvalue weighted by Gasteiger charge is 2.48. The van der Waals surface area contributed by atoms with Crippen molar-refractivity contribution in [2.75, 3.05) is 6.54 Å². The van der Waals surface area contributed by atoms with Gasteiger partial charge in [0.25, 0.3) is 0 Å². The molecule has 4 nitrogen and oxygen atoms in total. The number of aryl methyl sites for hydroxylation is 1. The van der Waals surface area contributed by atoms with Crippen LogP contribution in [0.15, 0.2) is 22.8 Å². The van der Waals surface area contributed by atoms with Gasteiger partial charge in [-0.2, -0.15) is 0 Å². The van der Waals surface area contributed by atoms with Crippen LogP contribution in [0.5, 0.6) is 0 Å². The van der Waals surface area contributed by atoms with Crippen LogP contribution in [-0.2, 0) is 11.2 Å². The molecule has 1 atom stereocenters. The van der Waals surface area contributed by atoms with Crippen LogP contribution in [0.3, 0.4) is 0 Å². The van der Waals surface area contributed by atoms with Gasteiger partial charge in [-0.15, -0.1) is 0 Å². The molecule has 0 saturated heterocycles. The van der Waals surface area contributed by atoms with Gasteiger partial charge in [0, 0.05) is 19.0 Å². The molecule has 17 heavy (non-hydrogen) atoms. The molecular weight excluding hydrogens is 216 g/mol. The molecule has 1 unspecified atom stereocenters. The van der Waals surface area contributed by atoms with Crippen LogP contribution in [0.4, 0.5) is 0 Å². The van der Waals surface area contributed by atoms with Gasteiger partial charge in [0.2, 0.25) is 5.91 Å². The molecule has 3 N–H and O–H groups in total. The summed E-state index contributed by atoms with van der Waals surface area (Å²) in [6.45, 7) is 2.48. The van der Waals surface area contributed by atoms with E-state index in [0.717, 1.165) is 31.4 Å². The Labute approximate surface area is 102 Å². The fraction of sp³-hybridized carbons (Fsp3) is 0.615. The lowest BCUT2D eigenvalue weighted by atomic mass is 10.1. The Morgan fingerprint density at radius 1 is 1.65 bits per heavy atom. The summed E-state index contributed by atoms with van der Waals surface area (Å²) < 4.78 is 5.26. The van der Waals surface area contributed by atoms with Crippen molar-refractivity contribution in [2.45, 2.75) is 38.6 Å². The van der Waals surface area contributed by atoms with Crippen LogP contribution >= 0.6 is 0 Å². The average Bonchev–Trinajstić information content (AvgIpc) is 2.96. The van der Waals surface area contributed by atoms with Gasteiger partial charge in [0.05, 0.1) is 11.7 Å². The summed E-state index contributed by atoms with van der Waals surface area (Å²) in [5.74, 6) is 1.08. The van der Waals surface area contributed by atoms with E-state index in [1.54, 1.807) is 6.26 Å². The predicted octanol–water partition coefficient (Wildman–Crippen LogP) is 1.46. The molecule has 1 aromatic rings. The van der Waals surface area contributed by atoms with Crippen molar-refractivity contribution in [2.24, 2.45) is 11.1 Å². The molecule has 1 aliphatic carbocycles. The normalized spacial score (nSPS) is 18.7. The van der Waals surface area contributed by atoms with E-state index in [9.17, 15) is 4.79 Å². The highest BCUT2D eigenvalue weighted by atomic mass is 16.3. The van der Waals surface area contributed by atoms with Crippen molar-refractivity contribution in [1.82, 2.24) is 5.32 Å². The van der Waals surface area contributed by atoms with E-state index in [1.165, 1.54) is 0 Å². The van der Waals surface area contributed by atoms with Crippen molar-refractivity contribution in [3.05, 3.63) is 24.2 Å². The maximum atomic E-state index is 11.9. The third-order valence-corrected chi connectivity index (χ3v) is 3.51. The number of nitrogens with two attached hydrogens (primary N) is 1. The summed E-state index contributed by atoms with van der Waals surface area (Å²) in [5.41, 5.74) is 5.37. The van der Waals surface area contributed by atoms with Crippen LogP contribution in [0.1, 0.15) is 31.9 Å². The topological polar surface area (TPSA) is 68.3 Å². The lowest BCUT2D eigenvalue weighted by Gasteiger charge is -2.18. The molecule has 0 aromatic carbocycles. The molecule has 1 fully saturated rings. The fourth-order valence-electron chi connectivity index (χ4n) is 1.94. The van der Waals surface area contributed by atoms with Crippen molar-refractivity contribution < 1.29 is 9.21 Å². The van der Waals surface area contributed by atoms with Crippen molar-refractivity contribution >= 4 is 5.91 Å². The lowest BCUT2D eigenvalue weighted by molar-refractivity contribution is -0.126. The number of hydrogen-bond acceptors (Lipinski definition) is 3. The summed E-state index contributed by atoms with van der Waals surface area (Å²) in [5, 5.41) is 3.04. The molecule has 0 spiro atoms. The number of amides is 1. The van der Waals surface area contributed by atoms with Gasteiger partial charge >= 0.3 is 0 Å². The quantitative estimate of drug-likeness (QED) is 0.785. The van der Waals surface area contributed by atoms with E-state index in [4.69, 9.17) is 10.2 Å². The maximum Gasteiger partial charge on any atom is 0.227 e. The predicted molar refractivity (Wildman–Crippen MR) is 65.4 cm³/mol. The zero-order valence-corrected chi connectivity index (χ0v) is 10.2. The molecule has 94 valence electrons. The molecule has 0 aliphatic heterocycles. The van der Waals surface area contributed by atoms with Gasteiger partial charge in [-0.3, -0.25) is 4.79 Å².